The minimum absolute atomic E-state index is 0.158. The van der Waals surface area contributed by atoms with E-state index in [1.54, 1.807) is 12.1 Å². The lowest BCUT2D eigenvalue weighted by Crippen LogP contribution is -2.61. The molecular formula is C13H11Cl2NO6S. The van der Waals surface area contributed by atoms with Crippen LogP contribution in [0, 0.1) is 20.4 Å². The Morgan fingerprint density at radius 1 is 1.00 bits per heavy atom. The van der Waals surface area contributed by atoms with E-state index in [4.69, 9.17) is 15.3 Å². The van der Waals surface area contributed by atoms with Gasteiger partial charge in [0.15, 0.2) is 0 Å². The average Bonchev–Trinajstić information content (AvgIpc) is 2.46. The van der Waals surface area contributed by atoms with Crippen LogP contribution in [0.4, 0.5) is 5.69 Å². The van der Waals surface area contributed by atoms with Crippen molar-refractivity contribution in [3.8, 4) is 0 Å². The molecular weight excluding hydrogens is 369 g/mol. The van der Waals surface area contributed by atoms with Crippen molar-refractivity contribution >= 4 is 27.6 Å². The SMILES string of the molecule is CS(O[Cl+3]([O-])([O-])[O-])(c1ccc(Cl)cc1)c1ccc([N+](=O)[O-])cc1. The third-order valence-corrected chi connectivity index (χ3v) is 7.18. The summed E-state index contributed by atoms with van der Waals surface area (Å²) >= 11 is 5.81. The molecule has 0 fully saturated rings. The number of non-ortho nitro benzene ring substituents is 1. The molecule has 124 valence electrons. The Labute approximate surface area is 140 Å². The second-order valence-electron chi connectivity index (χ2n) is 4.49. The maximum Gasteiger partial charge on any atom is 0.269 e. The summed E-state index contributed by atoms with van der Waals surface area (Å²) in [6, 6.07) is 11.3. The molecule has 0 saturated heterocycles. The van der Waals surface area contributed by atoms with Gasteiger partial charge in [0, 0.05) is 33.2 Å². The molecule has 0 radical (unpaired) electrons. The molecule has 10 heteroatoms. The van der Waals surface area contributed by atoms with Crippen LogP contribution in [0.3, 0.4) is 0 Å². The molecule has 2 rings (SSSR count). The first-order valence-electron chi connectivity index (χ1n) is 6.02. The molecule has 2 aromatic carbocycles. The molecule has 0 aromatic heterocycles. The van der Waals surface area contributed by atoms with Gasteiger partial charge in [0.05, 0.1) is 25.5 Å². The smallest absolute Gasteiger partial charge is 0.258 e. The summed E-state index contributed by atoms with van der Waals surface area (Å²) in [6.45, 7) is 0. The van der Waals surface area contributed by atoms with E-state index in [1.165, 1.54) is 42.7 Å². The topological polar surface area (TPSA) is 122 Å². The average molecular weight is 380 g/mol. The Balaban J connectivity index is 2.52. The lowest BCUT2D eigenvalue weighted by molar-refractivity contribution is -1.91. The van der Waals surface area contributed by atoms with Gasteiger partial charge in [-0.25, -0.2) is 0 Å². The van der Waals surface area contributed by atoms with Crippen LogP contribution >= 0.6 is 21.9 Å². The molecule has 0 saturated carbocycles. The summed E-state index contributed by atoms with van der Waals surface area (Å²) in [5, 5.41) is 11.1. The number of hydrogen-bond donors (Lipinski definition) is 0. The van der Waals surface area contributed by atoms with E-state index in [0.29, 0.717) is 14.8 Å². The maximum atomic E-state index is 11.1. The predicted molar refractivity (Wildman–Crippen MR) is 75.7 cm³/mol. The third kappa shape index (κ3) is 4.33. The molecule has 0 aliphatic carbocycles. The van der Waals surface area contributed by atoms with Gasteiger partial charge in [-0.05, 0) is 36.4 Å². The molecule has 0 N–H and O–H groups in total. The first-order chi connectivity index (χ1) is 10.6. The zero-order valence-corrected chi connectivity index (χ0v) is 14.0. The highest BCUT2D eigenvalue weighted by molar-refractivity contribution is 8.29. The number of nitrogens with zero attached hydrogens (tertiary/aromatic N) is 1. The minimum atomic E-state index is -4.70. The zero-order valence-electron chi connectivity index (χ0n) is 11.7. The fourth-order valence-electron chi connectivity index (χ4n) is 1.88. The molecule has 23 heavy (non-hydrogen) atoms. The van der Waals surface area contributed by atoms with E-state index in [-0.39, 0.29) is 5.69 Å². The van der Waals surface area contributed by atoms with Gasteiger partial charge in [-0.2, -0.15) is 14.0 Å². The number of rotatable bonds is 5. The van der Waals surface area contributed by atoms with Crippen molar-refractivity contribution in [2.24, 2.45) is 0 Å². The van der Waals surface area contributed by atoms with Gasteiger partial charge in [0.1, 0.15) is 3.74 Å². The van der Waals surface area contributed by atoms with Crippen molar-refractivity contribution < 1.29 is 32.9 Å². The summed E-state index contributed by atoms with van der Waals surface area (Å²) in [4.78, 5) is 10.9. The van der Waals surface area contributed by atoms with Crippen molar-refractivity contribution in [3.63, 3.8) is 0 Å². The molecule has 1 atom stereocenters. The lowest BCUT2D eigenvalue weighted by atomic mass is 10.3. The first kappa shape index (κ1) is 18.0. The number of halogens is 2. The Bertz CT molecular complexity index is 704. The van der Waals surface area contributed by atoms with Crippen molar-refractivity contribution in [1.82, 2.24) is 0 Å². The Morgan fingerprint density at radius 2 is 1.43 bits per heavy atom. The van der Waals surface area contributed by atoms with E-state index in [0.717, 1.165) is 0 Å². The van der Waals surface area contributed by atoms with E-state index >= 15 is 0 Å². The van der Waals surface area contributed by atoms with Gasteiger partial charge in [0.2, 0.25) is 0 Å². The van der Waals surface area contributed by atoms with Crippen LogP contribution in [-0.4, -0.2) is 11.2 Å². The van der Waals surface area contributed by atoms with E-state index in [2.05, 4.69) is 0 Å². The van der Waals surface area contributed by atoms with Crippen LogP contribution in [-0.2, 0) is 3.74 Å². The highest BCUT2D eigenvalue weighted by Crippen LogP contribution is 2.61. The van der Waals surface area contributed by atoms with Gasteiger partial charge in [-0.3, -0.25) is 10.1 Å². The molecule has 0 aliphatic rings. The predicted octanol–water partition coefficient (Wildman–Crippen LogP) is 0.929. The van der Waals surface area contributed by atoms with E-state index in [1.807, 2.05) is 0 Å². The van der Waals surface area contributed by atoms with Gasteiger partial charge >= 0.3 is 0 Å². The van der Waals surface area contributed by atoms with Gasteiger partial charge in [-0.1, -0.05) is 11.6 Å². The normalized spacial score (nSPS) is 15.7. The molecule has 7 nitrogen and oxygen atoms in total. The molecule has 2 aromatic rings. The summed E-state index contributed by atoms with van der Waals surface area (Å²) in [7, 11) is -7.41. The Morgan fingerprint density at radius 3 is 1.83 bits per heavy atom. The van der Waals surface area contributed by atoms with Crippen LogP contribution in [0.25, 0.3) is 0 Å². The highest BCUT2D eigenvalue weighted by Gasteiger charge is 2.40. The monoisotopic (exact) mass is 379 g/mol. The standard InChI is InChI=1S/C13H11Cl2NO6S/c1-23(22-15(17,18)19,12-6-2-10(14)3-7-12)13-8-4-11(5-9-13)16(20)21/h2-9H,1H3. The molecule has 0 amide bonds. The Hall–Kier alpha value is -1.39. The van der Waals surface area contributed by atoms with Crippen molar-refractivity contribution in [2.75, 3.05) is 6.26 Å². The summed E-state index contributed by atoms with van der Waals surface area (Å²) < 4.78 is 38.1. The number of benzene rings is 2. The van der Waals surface area contributed by atoms with Gasteiger partial charge < -0.3 is 0 Å². The molecule has 0 spiro atoms. The third-order valence-electron chi connectivity index (χ3n) is 2.96. The lowest BCUT2D eigenvalue weighted by Gasteiger charge is -2.30. The van der Waals surface area contributed by atoms with Crippen LogP contribution < -0.4 is 14.0 Å². The summed E-state index contributed by atoms with van der Waals surface area (Å²) in [6.07, 6.45) is 1.46. The zero-order chi connectivity index (χ0) is 17.3. The van der Waals surface area contributed by atoms with E-state index < -0.39 is 25.5 Å². The fraction of sp³-hybridized carbons (Fsp3) is 0.0769. The number of nitro groups is 1. The van der Waals surface area contributed by atoms with Crippen LogP contribution in [0.2, 0.25) is 5.02 Å². The van der Waals surface area contributed by atoms with Crippen molar-refractivity contribution in [1.29, 1.82) is 0 Å². The Kier molecular flexibility index (Phi) is 5.17. The van der Waals surface area contributed by atoms with Crippen LogP contribution in [0.5, 0.6) is 0 Å². The highest BCUT2D eigenvalue weighted by atomic mass is 35.7. The van der Waals surface area contributed by atoms with Crippen molar-refractivity contribution in [2.45, 2.75) is 9.79 Å². The summed E-state index contributed by atoms with van der Waals surface area (Å²) in [5.41, 5.74) is -0.158. The molecule has 0 heterocycles. The number of hydrogen-bond acceptors (Lipinski definition) is 6. The van der Waals surface area contributed by atoms with Gasteiger partial charge in [0.25, 0.3) is 5.69 Å². The quantitative estimate of drug-likeness (QED) is 0.562. The maximum absolute atomic E-state index is 11.1. The summed E-state index contributed by atoms with van der Waals surface area (Å²) in [5.74, 6) is 0. The van der Waals surface area contributed by atoms with E-state index in [9.17, 15) is 24.1 Å². The second-order valence-corrected chi connectivity index (χ2v) is 8.82. The largest absolute Gasteiger partial charge is 0.269 e. The van der Waals surface area contributed by atoms with Crippen LogP contribution in [0.1, 0.15) is 0 Å². The molecule has 0 bridgehead atoms. The minimum Gasteiger partial charge on any atom is -0.258 e. The molecule has 0 aliphatic heterocycles. The number of nitro benzene ring substituents is 1. The fourth-order valence-corrected chi connectivity index (χ4v) is 5.41. The van der Waals surface area contributed by atoms with Gasteiger partial charge in [-0.15, -0.1) is 0 Å². The molecule has 1 unspecified atom stereocenters. The second kappa shape index (κ2) is 6.62. The van der Waals surface area contributed by atoms with Crippen LogP contribution in [0.15, 0.2) is 58.3 Å². The van der Waals surface area contributed by atoms with Crippen molar-refractivity contribution in [3.05, 3.63) is 63.7 Å². The first-order valence-corrected chi connectivity index (χ1v) is 9.60.